The average Bonchev–Trinajstić information content (AvgIpc) is 3.47. The number of hydrogen-bond acceptors (Lipinski definition) is 5. The van der Waals surface area contributed by atoms with Crippen LogP contribution >= 0.6 is 11.3 Å². The number of para-hydroxylation sites is 1. The van der Waals surface area contributed by atoms with Crippen molar-refractivity contribution in [3.05, 3.63) is 83.6 Å². The Morgan fingerprint density at radius 1 is 1.00 bits per heavy atom. The molecule has 8 heteroatoms. The molecule has 0 saturated heterocycles. The zero-order valence-corrected chi connectivity index (χ0v) is 18.8. The summed E-state index contributed by atoms with van der Waals surface area (Å²) in [5.41, 5.74) is 3.14. The van der Waals surface area contributed by atoms with Gasteiger partial charge in [0.2, 0.25) is 0 Å². The maximum atomic E-state index is 14.5. The number of amides is 1. The standard InChI is InChI=1S/C25H20FN5OS/c1-15(2)31-13-18(23(30-31)17-8-4-5-9-19(17)26)24(32)29-25-28-22(14-33-25)21-12-11-16-7-3-6-10-20(16)27-21/h3-15H,1-2H3,(H,28,29,32). The van der Waals surface area contributed by atoms with Gasteiger partial charge in [-0.15, -0.1) is 11.3 Å². The summed E-state index contributed by atoms with van der Waals surface area (Å²) in [4.78, 5) is 22.3. The quantitative estimate of drug-likeness (QED) is 0.341. The van der Waals surface area contributed by atoms with Crippen molar-refractivity contribution in [2.75, 3.05) is 5.32 Å². The van der Waals surface area contributed by atoms with Crippen LogP contribution in [0.2, 0.25) is 0 Å². The summed E-state index contributed by atoms with van der Waals surface area (Å²) in [7, 11) is 0. The summed E-state index contributed by atoms with van der Waals surface area (Å²) in [6, 6.07) is 18.1. The van der Waals surface area contributed by atoms with Gasteiger partial charge in [-0.3, -0.25) is 14.8 Å². The number of carbonyl (C=O) groups excluding carboxylic acids is 1. The molecule has 0 bridgehead atoms. The van der Waals surface area contributed by atoms with Gasteiger partial charge in [0, 0.05) is 28.6 Å². The van der Waals surface area contributed by atoms with Crippen LogP contribution in [0.3, 0.4) is 0 Å². The van der Waals surface area contributed by atoms with Gasteiger partial charge in [-0.1, -0.05) is 36.4 Å². The van der Waals surface area contributed by atoms with Crippen molar-refractivity contribution in [1.82, 2.24) is 19.7 Å². The Balaban J connectivity index is 1.44. The Morgan fingerprint density at radius 3 is 2.61 bits per heavy atom. The van der Waals surface area contributed by atoms with E-state index in [2.05, 4.69) is 20.4 Å². The lowest BCUT2D eigenvalue weighted by atomic mass is 10.1. The third-order valence-corrected chi connectivity index (χ3v) is 5.98. The fraction of sp³-hybridized carbons (Fsp3) is 0.120. The molecule has 0 radical (unpaired) electrons. The third-order valence-electron chi connectivity index (χ3n) is 5.22. The van der Waals surface area contributed by atoms with Crippen LogP contribution in [0, 0.1) is 5.82 Å². The topological polar surface area (TPSA) is 72.7 Å². The van der Waals surface area contributed by atoms with E-state index in [-0.39, 0.29) is 17.2 Å². The summed E-state index contributed by atoms with van der Waals surface area (Å²) in [6.45, 7) is 3.90. The van der Waals surface area contributed by atoms with Gasteiger partial charge in [0.1, 0.15) is 17.2 Å². The molecule has 5 aromatic rings. The van der Waals surface area contributed by atoms with Gasteiger partial charge in [0.25, 0.3) is 5.91 Å². The number of hydrogen-bond donors (Lipinski definition) is 1. The first-order valence-electron chi connectivity index (χ1n) is 10.5. The lowest BCUT2D eigenvalue weighted by Gasteiger charge is -2.04. The van der Waals surface area contributed by atoms with E-state index in [1.54, 1.807) is 29.1 Å². The van der Waals surface area contributed by atoms with E-state index in [0.29, 0.717) is 16.5 Å². The van der Waals surface area contributed by atoms with E-state index in [1.165, 1.54) is 17.4 Å². The summed E-state index contributed by atoms with van der Waals surface area (Å²) in [6.07, 6.45) is 1.64. The van der Waals surface area contributed by atoms with Crippen molar-refractivity contribution >= 4 is 33.3 Å². The van der Waals surface area contributed by atoms with Crippen molar-refractivity contribution in [2.24, 2.45) is 0 Å². The summed E-state index contributed by atoms with van der Waals surface area (Å²) >= 11 is 1.31. The van der Waals surface area contributed by atoms with Gasteiger partial charge < -0.3 is 0 Å². The second kappa shape index (κ2) is 8.55. The monoisotopic (exact) mass is 457 g/mol. The number of carbonyl (C=O) groups is 1. The van der Waals surface area contributed by atoms with Crippen LogP contribution in [0.1, 0.15) is 30.2 Å². The highest BCUT2D eigenvalue weighted by Gasteiger charge is 2.22. The molecular formula is C25H20FN5OS. The first-order chi connectivity index (χ1) is 16.0. The molecule has 0 aliphatic carbocycles. The molecule has 0 fully saturated rings. The van der Waals surface area contributed by atoms with E-state index in [4.69, 9.17) is 0 Å². The van der Waals surface area contributed by atoms with Crippen LogP contribution in [0.5, 0.6) is 0 Å². The predicted octanol–water partition coefficient (Wildman–Crippen LogP) is 6.19. The Bertz CT molecular complexity index is 1470. The zero-order chi connectivity index (χ0) is 22.9. The number of nitrogens with one attached hydrogen (secondary N) is 1. The van der Waals surface area contributed by atoms with Crippen LogP contribution in [-0.4, -0.2) is 25.7 Å². The Hall–Kier alpha value is -3.91. The number of aromatic nitrogens is 4. The molecule has 6 nitrogen and oxygen atoms in total. The van der Waals surface area contributed by atoms with Crippen molar-refractivity contribution in [3.63, 3.8) is 0 Å². The number of thiazole rings is 1. The summed E-state index contributed by atoms with van der Waals surface area (Å²) in [5.74, 6) is -0.827. The van der Waals surface area contributed by atoms with Crippen LogP contribution < -0.4 is 5.32 Å². The van der Waals surface area contributed by atoms with E-state index in [9.17, 15) is 9.18 Å². The van der Waals surface area contributed by atoms with Crippen molar-refractivity contribution in [1.29, 1.82) is 0 Å². The van der Waals surface area contributed by atoms with E-state index in [1.807, 2.05) is 55.6 Å². The number of nitrogens with zero attached hydrogens (tertiary/aromatic N) is 4. The zero-order valence-electron chi connectivity index (χ0n) is 18.0. The molecule has 0 unspecified atom stereocenters. The molecule has 3 aromatic heterocycles. The molecule has 33 heavy (non-hydrogen) atoms. The highest BCUT2D eigenvalue weighted by molar-refractivity contribution is 7.14. The van der Waals surface area contributed by atoms with Gasteiger partial charge >= 0.3 is 0 Å². The lowest BCUT2D eigenvalue weighted by Crippen LogP contribution is -2.12. The first-order valence-corrected chi connectivity index (χ1v) is 11.3. The molecule has 1 N–H and O–H groups in total. The largest absolute Gasteiger partial charge is 0.298 e. The molecule has 3 heterocycles. The molecule has 164 valence electrons. The molecule has 0 aliphatic rings. The molecule has 5 rings (SSSR count). The van der Waals surface area contributed by atoms with Crippen LogP contribution in [0.15, 0.2) is 72.2 Å². The van der Waals surface area contributed by atoms with Crippen molar-refractivity contribution < 1.29 is 9.18 Å². The molecule has 0 spiro atoms. The van der Waals surface area contributed by atoms with E-state index >= 15 is 0 Å². The lowest BCUT2D eigenvalue weighted by molar-refractivity contribution is 0.102. The Morgan fingerprint density at radius 2 is 1.79 bits per heavy atom. The molecule has 0 aliphatic heterocycles. The minimum atomic E-state index is -0.431. The second-order valence-electron chi connectivity index (χ2n) is 7.83. The number of anilines is 1. The molecule has 1 amide bonds. The van der Waals surface area contributed by atoms with Crippen molar-refractivity contribution in [2.45, 2.75) is 19.9 Å². The van der Waals surface area contributed by atoms with Crippen LogP contribution in [0.25, 0.3) is 33.5 Å². The smallest absolute Gasteiger partial charge is 0.261 e. The number of benzene rings is 2. The first kappa shape index (κ1) is 21.0. The maximum Gasteiger partial charge on any atom is 0.261 e. The fourth-order valence-electron chi connectivity index (χ4n) is 3.50. The van der Waals surface area contributed by atoms with Crippen molar-refractivity contribution in [3.8, 4) is 22.6 Å². The number of fused-ring (bicyclic) bond motifs is 1. The van der Waals surface area contributed by atoms with Gasteiger partial charge in [-0.25, -0.2) is 14.4 Å². The van der Waals surface area contributed by atoms with Crippen LogP contribution in [-0.2, 0) is 0 Å². The molecule has 2 aromatic carbocycles. The fourth-order valence-corrected chi connectivity index (χ4v) is 4.20. The van der Waals surface area contributed by atoms with E-state index < -0.39 is 11.7 Å². The molecular weight excluding hydrogens is 437 g/mol. The van der Waals surface area contributed by atoms with Gasteiger partial charge in [0.05, 0.1) is 16.8 Å². The number of rotatable bonds is 5. The molecule has 0 atom stereocenters. The third kappa shape index (κ3) is 4.12. The Labute approximate surface area is 193 Å². The SMILES string of the molecule is CC(C)n1cc(C(=O)Nc2nc(-c3ccc4ccccc4n3)cs2)c(-c2ccccc2F)n1. The Kier molecular flexibility index (Phi) is 5.43. The maximum absolute atomic E-state index is 14.5. The van der Waals surface area contributed by atoms with Crippen LogP contribution in [0.4, 0.5) is 9.52 Å². The van der Waals surface area contributed by atoms with E-state index in [0.717, 1.165) is 16.6 Å². The van der Waals surface area contributed by atoms with Gasteiger partial charge in [-0.2, -0.15) is 5.10 Å². The number of pyridine rings is 1. The summed E-state index contributed by atoms with van der Waals surface area (Å²) < 4.78 is 16.1. The normalized spacial score (nSPS) is 11.3. The molecule has 0 saturated carbocycles. The van der Waals surface area contributed by atoms with Gasteiger partial charge in [0.15, 0.2) is 5.13 Å². The van der Waals surface area contributed by atoms with Gasteiger partial charge in [-0.05, 0) is 38.1 Å². The summed E-state index contributed by atoms with van der Waals surface area (Å²) in [5, 5.41) is 10.6. The average molecular weight is 458 g/mol. The minimum Gasteiger partial charge on any atom is -0.298 e. The highest BCUT2D eigenvalue weighted by Crippen LogP contribution is 2.29. The second-order valence-corrected chi connectivity index (χ2v) is 8.68. The predicted molar refractivity (Wildman–Crippen MR) is 129 cm³/mol. The highest BCUT2D eigenvalue weighted by atomic mass is 32.1. The minimum absolute atomic E-state index is 0.0162. The number of halogens is 1.